The predicted octanol–water partition coefficient (Wildman–Crippen LogP) is 4.88. The molecule has 0 atom stereocenters. The third-order valence-corrected chi connectivity index (χ3v) is 7.59. The van der Waals surface area contributed by atoms with Crippen molar-refractivity contribution >= 4 is 27.6 Å². The van der Waals surface area contributed by atoms with Gasteiger partial charge in [0.2, 0.25) is 10.0 Å². The molecule has 0 amide bonds. The maximum atomic E-state index is 13.1. The largest absolute Gasteiger partial charge is 0.457 e. The van der Waals surface area contributed by atoms with Gasteiger partial charge in [-0.2, -0.15) is 4.31 Å². The molecular weight excluding hydrogens is 410 g/mol. The van der Waals surface area contributed by atoms with E-state index in [-0.39, 0.29) is 22.1 Å². The molecule has 2 aromatic carbocycles. The SMILES string of the molecule is Cc1ccc(C)c(COC(=O)c2ccc(Cl)c(S(=O)(=O)N3CCCCCC3)c2)c1. The number of carbonyl (C=O) groups excluding carboxylic acids is 1. The Kier molecular flexibility index (Phi) is 6.98. The van der Waals surface area contributed by atoms with Crippen molar-refractivity contribution in [2.45, 2.75) is 51.0 Å². The number of hydrogen-bond donors (Lipinski definition) is 0. The third kappa shape index (κ3) is 5.18. The van der Waals surface area contributed by atoms with Crippen LogP contribution in [-0.2, 0) is 21.4 Å². The Bertz CT molecular complexity index is 996. The van der Waals surface area contributed by atoms with Crippen LogP contribution < -0.4 is 0 Å². The Morgan fingerprint density at radius 1 is 1.03 bits per heavy atom. The molecule has 1 saturated heterocycles. The summed E-state index contributed by atoms with van der Waals surface area (Å²) in [7, 11) is -3.76. The summed E-state index contributed by atoms with van der Waals surface area (Å²) in [5.74, 6) is -0.574. The zero-order valence-corrected chi connectivity index (χ0v) is 18.4. The second-order valence-electron chi connectivity index (χ2n) is 7.47. The van der Waals surface area contributed by atoms with Gasteiger partial charge >= 0.3 is 5.97 Å². The van der Waals surface area contributed by atoms with Gasteiger partial charge in [-0.15, -0.1) is 0 Å². The van der Waals surface area contributed by atoms with Crippen molar-refractivity contribution in [3.8, 4) is 0 Å². The monoisotopic (exact) mass is 435 g/mol. The van der Waals surface area contributed by atoms with Crippen LogP contribution in [0.5, 0.6) is 0 Å². The number of ether oxygens (including phenoxy) is 1. The van der Waals surface area contributed by atoms with E-state index < -0.39 is 16.0 Å². The summed E-state index contributed by atoms with van der Waals surface area (Å²) >= 11 is 6.20. The molecule has 0 saturated carbocycles. The topological polar surface area (TPSA) is 63.7 Å². The molecule has 0 N–H and O–H groups in total. The summed E-state index contributed by atoms with van der Waals surface area (Å²) in [6, 6.07) is 10.2. The van der Waals surface area contributed by atoms with Crippen molar-refractivity contribution < 1.29 is 17.9 Å². The molecule has 2 aromatic rings. The average molecular weight is 436 g/mol. The lowest BCUT2D eigenvalue weighted by Crippen LogP contribution is -2.32. The Morgan fingerprint density at radius 2 is 1.72 bits per heavy atom. The van der Waals surface area contributed by atoms with Crippen LogP contribution >= 0.6 is 11.6 Å². The highest BCUT2D eigenvalue weighted by atomic mass is 35.5. The molecule has 7 heteroatoms. The molecule has 1 aliphatic heterocycles. The molecule has 0 aliphatic carbocycles. The first-order valence-electron chi connectivity index (χ1n) is 9.82. The maximum Gasteiger partial charge on any atom is 0.338 e. The number of benzene rings is 2. The van der Waals surface area contributed by atoms with E-state index in [0.717, 1.165) is 42.4 Å². The van der Waals surface area contributed by atoms with E-state index in [2.05, 4.69) is 0 Å². The second kappa shape index (κ2) is 9.28. The van der Waals surface area contributed by atoms with Crippen LogP contribution in [0.2, 0.25) is 5.02 Å². The standard InChI is InChI=1S/C22H26ClNO4S/c1-16-7-8-17(2)19(13-16)15-28-22(25)18-9-10-20(23)21(14-18)29(26,27)24-11-5-3-4-6-12-24/h7-10,13-14H,3-6,11-12,15H2,1-2H3. The number of rotatable bonds is 5. The zero-order valence-electron chi connectivity index (χ0n) is 16.8. The van der Waals surface area contributed by atoms with E-state index in [9.17, 15) is 13.2 Å². The summed E-state index contributed by atoms with van der Waals surface area (Å²) in [5.41, 5.74) is 3.21. The molecule has 0 radical (unpaired) electrons. The molecular formula is C22H26ClNO4S. The molecule has 0 spiro atoms. The maximum absolute atomic E-state index is 13.1. The highest BCUT2D eigenvalue weighted by Gasteiger charge is 2.28. The normalized spacial score (nSPS) is 15.7. The molecule has 0 unspecified atom stereocenters. The number of aryl methyl sites for hydroxylation is 2. The minimum atomic E-state index is -3.76. The Hall–Kier alpha value is -1.89. The number of hydrogen-bond acceptors (Lipinski definition) is 4. The minimum absolute atomic E-state index is 0.0396. The van der Waals surface area contributed by atoms with Crippen LogP contribution in [-0.4, -0.2) is 31.8 Å². The lowest BCUT2D eigenvalue weighted by Gasteiger charge is -2.21. The van der Waals surface area contributed by atoms with Crippen molar-refractivity contribution in [1.29, 1.82) is 0 Å². The Balaban J connectivity index is 1.80. The summed E-state index contributed by atoms with van der Waals surface area (Å²) in [5, 5.41) is 0.111. The van der Waals surface area contributed by atoms with Crippen molar-refractivity contribution in [3.05, 3.63) is 63.7 Å². The smallest absolute Gasteiger partial charge is 0.338 e. The van der Waals surface area contributed by atoms with E-state index in [4.69, 9.17) is 16.3 Å². The Morgan fingerprint density at radius 3 is 2.41 bits per heavy atom. The van der Waals surface area contributed by atoms with Gasteiger partial charge in [0, 0.05) is 13.1 Å². The van der Waals surface area contributed by atoms with Gasteiger partial charge in [-0.05, 0) is 56.0 Å². The fraction of sp³-hybridized carbons (Fsp3) is 0.409. The molecule has 1 fully saturated rings. The van der Waals surface area contributed by atoms with Crippen LogP contribution in [0.1, 0.15) is 52.7 Å². The average Bonchev–Trinajstić information content (AvgIpc) is 2.99. The molecule has 0 bridgehead atoms. The first kappa shape index (κ1) is 21.8. The van der Waals surface area contributed by atoms with Crippen LogP contribution in [0.3, 0.4) is 0 Å². The lowest BCUT2D eigenvalue weighted by atomic mass is 10.1. The number of sulfonamides is 1. The number of halogens is 1. The molecule has 0 aromatic heterocycles. The fourth-order valence-corrected chi connectivity index (χ4v) is 5.45. The predicted molar refractivity (Wildman–Crippen MR) is 114 cm³/mol. The molecule has 5 nitrogen and oxygen atoms in total. The second-order valence-corrected chi connectivity index (χ2v) is 9.78. The van der Waals surface area contributed by atoms with Gasteiger partial charge in [0.1, 0.15) is 11.5 Å². The van der Waals surface area contributed by atoms with Gasteiger partial charge in [-0.1, -0.05) is 48.2 Å². The molecule has 1 aliphatic rings. The van der Waals surface area contributed by atoms with Crippen molar-refractivity contribution in [2.75, 3.05) is 13.1 Å². The first-order valence-corrected chi connectivity index (χ1v) is 11.6. The van der Waals surface area contributed by atoms with Crippen LogP contribution in [0.4, 0.5) is 0 Å². The lowest BCUT2D eigenvalue weighted by molar-refractivity contribution is 0.0471. The van der Waals surface area contributed by atoms with Crippen LogP contribution in [0.25, 0.3) is 0 Å². The molecule has 29 heavy (non-hydrogen) atoms. The highest BCUT2D eigenvalue weighted by molar-refractivity contribution is 7.89. The van der Waals surface area contributed by atoms with E-state index in [1.165, 1.54) is 22.5 Å². The molecule has 1 heterocycles. The molecule has 3 rings (SSSR count). The summed E-state index contributed by atoms with van der Waals surface area (Å²) < 4.78 is 33.1. The van der Waals surface area contributed by atoms with E-state index >= 15 is 0 Å². The van der Waals surface area contributed by atoms with Crippen molar-refractivity contribution in [1.82, 2.24) is 4.31 Å². The fourth-order valence-electron chi connectivity index (χ4n) is 3.43. The number of carbonyl (C=O) groups is 1. The van der Waals surface area contributed by atoms with Crippen LogP contribution in [0.15, 0.2) is 41.3 Å². The van der Waals surface area contributed by atoms with Crippen LogP contribution in [0, 0.1) is 13.8 Å². The van der Waals surface area contributed by atoms with Gasteiger partial charge < -0.3 is 4.74 Å². The zero-order chi connectivity index (χ0) is 21.0. The quantitative estimate of drug-likeness (QED) is 0.628. The summed E-state index contributed by atoms with van der Waals surface area (Å²) in [6.45, 7) is 5.00. The highest BCUT2D eigenvalue weighted by Crippen LogP contribution is 2.28. The Labute approximate surface area is 177 Å². The van der Waals surface area contributed by atoms with Crippen molar-refractivity contribution in [3.63, 3.8) is 0 Å². The first-order chi connectivity index (χ1) is 13.8. The van der Waals surface area contributed by atoms with E-state index in [1.807, 2.05) is 32.0 Å². The van der Waals surface area contributed by atoms with Gasteiger partial charge in [0.05, 0.1) is 10.6 Å². The molecule has 156 valence electrons. The van der Waals surface area contributed by atoms with E-state index in [0.29, 0.717) is 13.1 Å². The minimum Gasteiger partial charge on any atom is -0.457 e. The number of nitrogens with zero attached hydrogens (tertiary/aromatic N) is 1. The van der Waals surface area contributed by atoms with Gasteiger partial charge in [0.25, 0.3) is 0 Å². The summed E-state index contributed by atoms with van der Waals surface area (Å²) in [6.07, 6.45) is 3.69. The van der Waals surface area contributed by atoms with Crippen molar-refractivity contribution in [2.24, 2.45) is 0 Å². The van der Waals surface area contributed by atoms with Gasteiger partial charge in [0.15, 0.2) is 0 Å². The number of esters is 1. The summed E-state index contributed by atoms with van der Waals surface area (Å²) in [4.78, 5) is 12.5. The third-order valence-electron chi connectivity index (χ3n) is 5.21. The van der Waals surface area contributed by atoms with E-state index in [1.54, 1.807) is 0 Å². The van der Waals surface area contributed by atoms with Gasteiger partial charge in [-0.3, -0.25) is 0 Å². The van der Waals surface area contributed by atoms with Gasteiger partial charge in [-0.25, -0.2) is 13.2 Å².